The van der Waals surface area contributed by atoms with Crippen LogP contribution in [0.4, 0.5) is 0 Å². The van der Waals surface area contributed by atoms with E-state index in [2.05, 4.69) is 24.0 Å². The quantitative estimate of drug-likeness (QED) is 0.813. The number of hydrogen-bond acceptors (Lipinski definition) is 3. The van der Waals surface area contributed by atoms with Crippen molar-refractivity contribution in [3.05, 3.63) is 0 Å². The average Bonchev–Trinajstić information content (AvgIpc) is 2.70. The van der Waals surface area contributed by atoms with Gasteiger partial charge >= 0.3 is 0 Å². The highest BCUT2D eigenvalue weighted by atomic mass is 32.2. The van der Waals surface area contributed by atoms with E-state index in [4.69, 9.17) is 0 Å². The Balaban J connectivity index is 1.68. The number of nitrogens with one attached hydrogen (secondary N) is 1. The summed E-state index contributed by atoms with van der Waals surface area (Å²) in [6.45, 7) is 5.07. The molecule has 0 saturated carbocycles. The standard InChI is InChI=1S/C13H24N2OS/c1-2-5-15-9-11(7-13(15)16)8-14-12-4-3-6-17-10-12/h11-12,14H,2-10H2,1H3. The largest absolute Gasteiger partial charge is 0.342 e. The van der Waals surface area contributed by atoms with Gasteiger partial charge in [-0.3, -0.25) is 4.79 Å². The number of rotatable bonds is 5. The summed E-state index contributed by atoms with van der Waals surface area (Å²) in [4.78, 5) is 13.7. The first-order valence-electron chi connectivity index (χ1n) is 6.88. The zero-order valence-electron chi connectivity index (χ0n) is 10.8. The minimum absolute atomic E-state index is 0.358. The first-order valence-corrected chi connectivity index (χ1v) is 8.04. The second kappa shape index (κ2) is 6.64. The lowest BCUT2D eigenvalue weighted by Crippen LogP contribution is -2.37. The van der Waals surface area contributed by atoms with Crippen molar-refractivity contribution in [3.63, 3.8) is 0 Å². The maximum atomic E-state index is 11.7. The fourth-order valence-corrected chi connectivity index (χ4v) is 3.82. The third-order valence-corrected chi connectivity index (χ3v) is 4.86. The van der Waals surface area contributed by atoms with Gasteiger partial charge in [-0.1, -0.05) is 6.92 Å². The van der Waals surface area contributed by atoms with E-state index in [9.17, 15) is 4.79 Å². The summed E-state index contributed by atoms with van der Waals surface area (Å²) in [5, 5.41) is 3.65. The molecule has 2 rings (SSSR count). The Morgan fingerprint density at radius 1 is 1.53 bits per heavy atom. The van der Waals surface area contributed by atoms with Crippen molar-refractivity contribution in [2.75, 3.05) is 31.1 Å². The molecule has 0 aliphatic carbocycles. The number of thioether (sulfide) groups is 1. The van der Waals surface area contributed by atoms with Crippen LogP contribution in [-0.2, 0) is 4.79 Å². The van der Waals surface area contributed by atoms with Crippen LogP contribution in [0.5, 0.6) is 0 Å². The Morgan fingerprint density at radius 3 is 3.12 bits per heavy atom. The predicted molar refractivity (Wildman–Crippen MR) is 73.3 cm³/mol. The molecule has 2 heterocycles. The van der Waals surface area contributed by atoms with Crippen molar-refractivity contribution >= 4 is 17.7 Å². The van der Waals surface area contributed by atoms with Crippen molar-refractivity contribution in [1.29, 1.82) is 0 Å². The fourth-order valence-electron chi connectivity index (χ4n) is 2.71. The van der Waals surface area contributed by atoms with Crippen LogP contribution in [-0.4, -0.2) is 48.0 Å². The lowest BCUT2D eigenvalue weighted by Gasteiger charge is -2.24. The molecule has 2 saturated heterocycles. The van der Waals surface area contributed by atoms with Gasteiger partial charge in [-0.2, -0.15) is 11.8 Å². The summed E-state index contributed by atoms with van der Waals surface area (Å²) < 4.78 is 0. The molecule has 0 radical (unpaired) electrons. The average molecular weight is 256 g/mol. The summed E-state index contributed by atoms with van der Waals surface area (Å²) in [5.74, 6) is 3.47. The van der Waals surface area contributed by atoms with Crippen molar-refractivity contribution in [3.8, 4) is 0 Å². The first kappa shape index (κ1) is 13.2. The van der Waals surface area contributed by atoms with Crippen LogP contribution >= 0.6 is 11.8 Å². The minimum atomic E-state index is 0.358. The molecule has 98 valence electrons. The van der Waals surface area contributed by atoms with Gasteiger partial charge in [-0.25, -0.2) is 0 Å². The Bertz CT molecular complexity index is 254. The predicted octanol–water partition coefficient (Wildman–Crippen LogP) is 1.73. The highest BCUT2D eigenvalue weighted by molar-refractivity contribution is 7.99. The van der Waals surface area contributed by atoms with Gasteiger partial charge in [0.05, 0.1) is 0 Å². The minimum Gasteiger partial charge on any atom is -0.342 e. The normalized spacial score (nSPS) is 29.9. The van der Waals surface area contributed by atoms with Gasteiger partial charge in [-0.15, -0.1) is 0 Å². The summed E-state index contributed by atoms with van der Waals surface area (Å²) in [6.07, 6.45) is 4.48. The van der Waals surface area contributed by atoms with Crippen LogP contribution in [0.25, 0.3) is 0 Å². The molecule has 2 unspecified atom stereocenters. The van der Waals surface area contributed by atoms with Crippen molar-refractivity contribution < 1.29 is 4.79 Å². The molecule has 3 nitrogen and oxygen atoms in total. The number of likely N-dealkylation sites (tertiary alicyclic amines) is 1. The van der Waals surface area contributed by atoms with Gasteiger partial charge in [0.2, 0.25) is 5.91 Å². The van der Waals surface area contributed by atoms with Gasteiger partial charge in [-0.05, 0) is 30.9 Å². The van der Waals surface area contributed by atoms with E-state index in [1.54, 1.807) is 0 Å². The molecular weight excluding hydrogens is 232 g/mol. The van der Waals surface area contributed by atoms with E-state index in [1.807, 2.05) is 4.90 Å². The van der Waals surface area contributed by atoms with Crippen molar-refractivity contribution in [2.45, 2.75) is 38.6 Å². The van der Waals surface area contributed by atoms with Crippen LogP contribution in [0.15, 0.2) is 0 Å². The lowest BCUT2D eigenvalue weighted by molar-refractivity contribution is -0.127. The topological polar surface area (TPSA) is 32.3 Å². The van der Waals surface area contributed by atoms with E-state index < -0.39 is 0 Å². The molecular formula is C13H24N2OS. The van der Waals surface area contributed by atoms with Crippen LogP contribution < -0.4 is 5.32 Å². The van der Waals surface area contributed by atoms with Crippen molar-refractivity contribution in [2.24, 2.45) is 5.92 Å². The second-order valence-corrected chi connectivity index (χ2v) is 6.38. The van der Waals surface area contributed by atoms with E-state index in [0.717, 1.165) is 32.5 Å². The van der Waals surface area contributed by atoms with Crippen LogP contribution in [0.2, 0.25) is 0 Å². The zero-order chi connectivity index (χ0) is 12.1. The van der Waals surface area contributed by atoms with E-state index >= 15 is 0 Å². The molecule has 0 aromatic heterocycles. The van der Waals surface area contributed by atoms with Gasteiger partial charge in [0.15, 0.2) is 0 Å². The van der Waals surface area contributed by atoms with Crippen LogP contribution in [0.1, 0.15) is 32.6 Å². The second-order valence-electron chi connectivity index (χ2n) is 5.23. The monoisotopic (exact) mass is 256 g/mol. The molecule has 0 spiro atoms. The van der Waals surface area contributed by atoms with E-state index in [-0.39, 0.29) is 0 Å². The SMILES string of the molecule is CCCN1CC(CNC2CCCSC2)CC1=O. The molecule has 0 aromatic rings. The molecule has 2 aliphatic heterocycles. The number of hydrogen-bond donors (Lipinski definition) is 1. The molecule has 4 heteroatoms. The molecule has 1 N–H and O–H groups in total. The lowest BCUT2D eigenvalue weighted by atomic mass is 10.1. The zero-order valence-corrected chi connectivity index (χ0v) is 11.6. The first-order chi connectivity index (χ1) is 8.29. The van der Waals surface area contributed by atoms with Gasteiger partial charge < -0.3 is 10.2 Å². The molecule has 0 bridgehead atoms. The number of carbonyl (C=O) groups is 1. The summed E-state index contributed by atoms with van der Waals surface area (Å²) in [7, 11) is 0. The molecule has 2 fully saturated rings. The smallest absolute Gasteiger partial charge is 0.222 e. The third kappa shape index (κ3) is 3.88. The van der Waals surface area contributed by atoms with Gasteiger partial charge in [0, 0.05) is 37.8 Å². The van der Waals surface area contributed by atoms with Crippen LogP contribution in [0, 0.1) is 5.92 Å². The number of carbonyl (C=O) groups excluding carboxylic acids is 1. The highest BCUT2D eigenvalue weighted by Crippen LogP contribution is 2.20. The van der Waals surface area contributed by atoms with E-state index in [1.165, 1.54) is 24.3 Å². The number of nitrogens with zero attached hydrogens (tertiary/aromatic N) is 1. The molecule has 2 aliphatic rings. The summed E-state index contributed by atoms with van der Waals surface area (Å²) in [6, 6.07) is 0.684. The Kier molecular flexibility index (Phi) is 5.16. The summed E-state index contributed by atoms with van der Waals surface area (Å²) >= 11 is 2.05. The third-order valence-electron chi connectivity index (χ3n) is 3.64. The molecule has 0 aromatic carbocycles. The Labute approximate surface area is 109 Å². The van der Waals surface area contributed by atoms with Crippen molar-refractivity contribution in [1.82, 2.24) is 10.2 Å². The molecule has 2 atom stereocenters. The van der Waals surface area contributed by atoms with E-state index in [0.29, 0.717) is 17.9 Å². The molecule has 1 amide bonds. The highest BCUT2D eigenvalue weighted by Gasteiger charge is 2.29. The number of amides is 1. The maximum absolute atomic E-state index is 11.7. The Morgan fingerprint density at radius 2 is 2.41 bits per heavy atom. The van der Waals surface area contributed by atoms with Gasteiger partial charge in [0.25, 0.3) is 0 Å². The van der Waals surface area contributed by atoms with Gasteiger partial charge in [0.1, 0.15) is 0 Å². The summed E-state index contributed by atoms with van der Waals surface area (Å²) in [5.41, 5.74) is 0. The molecule has 17 heavy (non-hydrogen) atoms. The van der Waals surface area contributed by atoms with Crippen LogP contribution in [0.3, 0.4) is 0 Å². The maximum Gasteiger partial charge on any atom is 0.222 e. The fraction of sp³-hybridized carbons (Fsp3) is 0.923. The Hall–Kier alpha value is -0.220.